The molecule has 1 aromatic heterocycles. The molecule has 0 aliphatic heterocycles. The van der Waals surface area contributed by atoms with E-state index in [9.17, 15) is 0 Å². The van der Waals surface area contributed by atoms with E-state index in [0.29, 0.717) is 5.28 Å². The van der Waals surface area contributed by atoms with Gasteiger partial charge in [0, 0.05) is 19.8 Å². The zero-order chi connectivity index (χ0) is 9.97. The molecule has 2 rings (SSSR count). The number of nitrogens with zero attached hydrogens (tertiary/aromatic N) is 3. The topological polar surface area (TPSA) is 29.0 Å². The lowest BCUT2D eigenvalue weighted by Crippen LogP contribution is -2.29. The SMILES string of the molecule is CN(CC1CCC1)c1ccnc(Cl)n1. The lowest BCUT2D eigenvalue weighted by atomic mass is 9.85. The van der Waals surface area contributed by atoms with Gasteiger partial charge in [-0.15, -0.1) is 0 Å². The first kappa shape index (κ1) is 9.71. The van der Waals surface area contributed by atoms with Crippen molar-refractivity contribution in [2.45, 2.75) is 19.3 Å². The Morgan fingerprint density at radius 1 is 1.57 bits per heavy atom. The fourth-order valence-corrected chi connectivity index (χ4v) is 1.84. The molecule has 14 heavy (non-hydrogen) atoms. The monoisotopic (exact) mass is 211 g/mol. The molecule has 0 N–H and O–H groups in total. The van der Waals surface area contributed by atoms with Gasteiger partial charge in [-0.1, -0.05) is 6.42 Å². The molecule has 0 atom stereocenters. The lowest BCUT2D eigenvalue weighted by molar-refractivity contribution is 0.321. The van der Waals surface area contributed by atoms with E-state index in [-0.39, 0.29) is 0 Å². The third-order valence-electron chi connectivity index (χ3n) is 2.76. The number of hydrogen-bond donors (Lipinski definition) is 0. The van der Waals surface area contributed by atoms with Crippen molar-refractivity contribution < 1.29 is 0 Å². The van der Waals surface area contributed by atoms with Crippen molar-refractivity contribution in [3.63, 3.8) is 0 Å². The highest BCUT2D eigenvalue weighted by Gasteiger charge is 2.19. The molecule has 1 aliphatic rings. The molecule has 0 radical (unpaired) electrons. The van der Waals surface area contributed by atoms with Crippen LogP contribution < -0.4 is 4.90 Å². The molecular formula is C10H14ClN3. The maximum absolute atomic E-state index is 5.72. The maximum Gasteiger partial charge on any atom is 0.224 e. The molecule has 1 aromatic rings. The van der Waals surface area contributed by atoms with Gasteiger partial charge in [-0.2, -0.15) is 0 Å². The summed E-state index contributed by atoms with van der Waals surface area (Å²) in [7, 11) is 2.05. The van der Waals surface area contributed by atoms with Crippen LogP contribution in [-0.2, 0) is 0 Å². The van der Waals surface area contributed by atoms with Crippen LogP contribution in [0.3, 0.4) is 0 Å². The van der Waals surface area contributed by atoms with E-state index < -0.39 is 0 Å². The van der Waals surface area contributed by atoms with Crippen LogP contribution in [-0.4, -0.2) is 23.6 Å². The van der Waals surface area contributed by atoms with E-state index in [2.05, 4.69) is 21.9 Å². The second-order valence-corrected chi connectivity index (χ2v) is 4.20. The summed E-state index contributed by atoms with van der Waals surface area (Å²) in [6.45, 7) is 1.08. The molecule has 1 heterocycles. The Bertz CT molecular complexity index is 312. The van der Waals surface area contributed by atoms with Gasteiger partial charge in [0.1, 0.15) is 5.82 Å². The van der Waals surface area contributed by atoms with Crippen molar-refractivity contribution in [3.8, 4) is 0 Å². The minimum atomic E-state index is 0.322. The highest BCUT2D eigenvalue weighted by atomic mass is 35.5. The summed E-state index contributed by atoms with van der Waals surface area (Å²) in [6, 6.07) is 1.89. The standard InChI is InChI=1S/C10H14ClN3/c1-14(7-8-3-2-4-8)9-5-6-12-10(11)13-9/h5-6,8H,2-4,7H2,1H3. The molecule has 76 valence electrons. The molecule has 3 nitrogen and oxygen atoms in total. The average Bonchev–Trinajstić information content (AvgIpc) is 2.11. The molecule has 0 aromatic carbocycles. The van der Waals surface area contributed by atoms with Crippen molar-refractivity contribution in [1.29, 1.82) is 0 Å². The molecule has 0 amide bonds. The van der Waals surface area contributed by atoms with Crippen LogP contribution >= 0.6 is 11.6 Å². The number of aromatic nitrogens is 2. The number of anilines is 1. The van der Waals surface area contributed by atoms with Crippen LogP contribution in [0, 0.1) is 5.92 Å². The Labute approximate surface area is 89.1 Å². The Kier molecular flexibility index (Phi) is 2.87. The average molecular weight is 212 g/mol. The van der Waals surface area contributed by atoms with Gasteiger partial charge in [0.15, 0.2) is 0 Å². The number of rotatable bonds is 3. The van der Waals surface area contributed by atoms with Crippen LogP contribution in [0.15, 0.2) is 12.3 Å². The van der Waals surface area contributed by atoms with Gasteiger partial charge in [-0.3, -0.25) is 0 Å². The zero-order valence-electron chi connectivity index (χ0n) is 8.28. The summed E-state index contributed by atoms with van der Waals surface area (Å²) >= 11 is 5.72. The molecule has 0 saturated heterocycles. The summed E-state index contributed by atoms with van der Waals surface area (Å²) < 4.78 is 0. The normalized spacial score (nSPS) is 16.4. The van der Waals surface area contributed by atoms with Crippen LogP contribution in [0.5, 0.6) is 0 Å². The summed E-state index contributed by atoms with van der Waals surface area (Å²) in [4.78, 5) is 10.2. The smallest absolute Gasteiger partial charge is 0.224 e. The summed E-state index contributed by atoms with van der Waals surface area (Å²) in [6.07, 6.45) is 5.78. The first-order chi connectivity index (χ1) is 6.75. The van der Waals surface area contributed by atoms with Crippen molar-refractivity contribution in [2.75, 3.05) is 18.5 Å². The van der Waals surface area contributed by atoms with E-state index in [1.165, 1.54) is 19.3 Å². The van der Waals surface area contributed by atoms with Gasteiger partial charge in [0.2, 0.25) is 5.28 Å². The molecule has 1 saturated carbocycles. The second kappa shape index (κ2) is 4.13. The molecular weight excluding hydrogens is 198 g/mol. The van der Waals surface area contributed by atoms with Crippen LogP contribution in [0.2, 0.25) is 5.28 Å². The van der Waals surface area contributed by atoms with Crippen molar-refractivity contribution in [1.82, 2.24) is 9.97 Å². The fraction of sp³-hybridized carbons (Fsp3) is 0.600. The Hall–Kier alpha value is -0.830. The molecule has 1 fully saturated rings. The van der Waals surface area contributed by atoms with Gasteiger partial charge in [-0.05, 0) is 36.4 Å². The summed E-state index contributed by atoms with van der Waals surface area (Å²) in [5.74, 6) is 1.76. The molecule has 0 bridgehead atoms. The minimum Gasteiger partial charge on any atom is -0.359 e. The number of halogens is 1. The Balaban J connectivity index is 1.98. The maximum atomic E-state index is 5.72. The van der Waals surface area contributed by atoms with Crippen LogP contribution in [0.4, 0.5) is 5.82 Å². The van der Waals surface area contributed by atoms with Crippen molar-refractivity contribution >= 4 is 17.4 Å². The van der Waals surface area contributed by atoms with E-state index in [1.54, 1.807) is 6.20 Å². The third-order valence-corrected chi connectivity index (χ3v) is 2.94. The zero-order valence-corrected chi connectivity index (χ0v) is 9.04. The highest BCUT2D eigenvalue weighted by molar-refractivity contribution is 6.28. The first-order valence-corrected chi connectivity index (χ1v) is 5.33. The van der Waals surface area contributed by atoms with Crippen LogP contribution in [0.1, 0.15) is 19.3 Å². The van der Waals surface area contributed by atoms with Crippen LogP contribution in [0.25, 0.3) is 0 Å². The quantitative estimate of drug-likeness (QED) is 0.719. The third kappa shape index (κ3) is 2.15. The van der Waals surface area contributed by atoms with Gasteiger partial charge in [0.25, 0.3) is 0 Å². The molecule has 0 unspecified atom stereocenters. The van der Waals surface area contributed by atoms with Gasteiger partial charge in [0.05, 0.1) is 0 Å². The largest absolute Gasteiger partial charge is 0.359 e. The molecule has 0 spiro atoms. The minimum absolute atomic E-state index is 0.322. The van der Waals surface area contributed by atoms with E-state index >= 15 is 0 Å². The van der Waals surface area contributed by atoms with E-state index in [0.717, 1.165) is 18.3 Å². The van der Waals surface area contributed by atoms with Gasteiger partial charge in [-0.25, -0.2) is 9.97 Å². The van der Waals surface area contributed by atoms with Crippen molar-refractivity contribution in [2.24, 2.45) is 5.92 Å². The van der Waals surface area contributed by atoms with Gasteiger partial charge < -0.3 is 4.90 Å². The predicted octanol–water partition coefficient (Wildman–Crippen LogP) is 2.37. The predicted molar refractivity (Wildman–Crippen MR) is 57.7 cm³/mol. The van der Waals surface area contributed by atoms with Gasteiger partial charge >= 0.3 is 0 Å². The first-order valence-electron chi connectivity index (χ1n) is 4.95. The highest BCUT2D eigenvalue weighted by Crippen LogP contribution is 2.27. The van der Waals surface area contributed by atoms with Crippen molar-refractivity contribution in [3.05, 3.63) is 17.5 Å². The second-order valence-electron chi connectivity index (χ2n) is 3.86. The van der Waals surface area contributed by atoms with E-state index in [4.69, 9.17) is 11.6 Å². The Morgan fingerprint density at radius 2 is 2.36 bits per heavy atom. The summed E-state index contributed by atoms with van der Waals surface area (Å²) in [5, 5.41) is 0.322. The summed E-state index contributed by atoms with van der Waals surface area (Å²) in [5.41, 5.74) is 0. The molecule has 4 heteroatoms. The molecule has 1 aliphatic carbocycles. The number of hydrogen-bond acceptors (Lipinski definition) is 3. The fourth-order valence-electron chi connectivity index (χ4n) is 1.69. The van der Waals surface area contributed by atoms with E-state index in [1.807, 2.05) is 6.07 Å². The lowest BCUT2D eigenvalue weighted by Gasteiger charge is -2.30. The Morgan fingerprint density at radius 3 is 2.93 bits per heavy atom.